The van der Waals surface area contributed by atoms with Crippen LogP contribution in [0.25, 0.3) is 0 Å². The summed E-state index contributed by atoms with van der Waals surface area (Å²) in [6.45, 7) is 4.95. The third-order valence-corrected chi connectivity index (χ3v) is 3.71. The lowest BCUT2D eigenvalue weighted by Crippen LogP contribution is -2.26. The molecule has 6 nitrogen and oxygen atoms in total. The number of amides is 1. The van der Waals surface area contributed by atoms with Crippen LogP contribution in [-0.4, -0.2) is 48.8 Å². The Morgan fingerprint density at radius 3 is 2.70 bits per heavy atom. The van der Waals surface area contributed by atoms with Gasteiger partial charge in [0, 0.05) is 18.4 Å². The van der Waals surface area contributed by atoms with Gasteiger partial charge in [-0.3, -0.25) is 9.59 Å². The first-order valence-corrected chi connectivity index (χ1v) is 8.48. The van der Waals surface area contributed by atoms with Crippen molar-refractivity contribution in [2.75, 3.05) is 31.8 Å². The van der Waals surface area contributed by atoms with Gasteiger partial charge in [0.1, 0.15) is 11.5 Å². The van der Waals surface area contributed by atoms with Crippen molar-refractivity contribution in [3.05, 3.63) is 23.8 Å². The van der Waals surface area contributed by atoms with Crippen LogP contribution in [0.1, 0.15) is 24.2 Å². The molecule has 0 radical (unpaired) electrons. The monoisotopic (exact) mass is 341 g/mol. The zero-order chi connectivity index (χ0) is 17.2. The van der Waals surface area contributed by atoms with Crippen LogP contribution in [0, 0.1) is 5.92 Å². The van der Waals surface area contributed by atoms with Crippen molar-refractivity contribution in [2.45, 2.75) is 13.8 Å². The molecule has 0 bridgehead atoms. The second-order valence-corrected chi connectivity index (χ2v) is 6.37. The van der Waals surface area contributed by atoms with E-state index < -0.39 is 5.97 Å². The van der Waals surface area contributed by atoms with Crippen molar-refractivity contribution in [1.29, 1.82) is 0 Å². The van der Waals surface area contributed by atoms with Crippen LogP contribution >= 0.6 is 11.8 Å². The van der Waals surface area contributed by atoms with E-state index in [1.165, 1.54) is 11.8 Å². The Morgan fingerprint density at radius 1 is 1.35 bits per heavy atom. The molecular weight excluding hydrogens is 318 g/mol. The highest BCUT2D eigenvalue weighted by Crippen LogP contribution is 2.25. The second kappa shape index (κ2) is 9.99. The van der Waals surface area contributed by atoms with Crippen LogP contribution in [0.15, 0.2) is 18.2 Å². The van der Waals surface area contributed by atoms with E-state index in [1.807, 2.05) is 13.8 Å². The Kier molecular flexibility index (Phi) is 8.32. The van der Waals surface area contributed by atoms with Crippen LogP contribution in [0.5, 0.6) is 11.5 Å². The number of benzene rings is 1. The number of nitrogens with one attached hydrogen (secondary N) is 1. The van der Waals surface area contributed by atoms with Crippen LogP contribution in [-0.2, 0) is 4.79 Å². The number of carbonyl (C=O) groups excluding carboxylic acids is 1. The fourth-order valence-corrected chi connectivity index (χ4v) is 2.25. The highest BCUT2D eigenvalue weighted by Gasteiger charge is 2.14. The summed E-state index contributed by atoms with van der Waals surface area (Å²) in [5.41, 5.74) is 0.440. The third-order valence-electron chi connectivity index (χ3n) is 2.76. The molecule has 23 heavy (non-hydrogen) atoms. The van der Waals surface area contributed by atoms with Gasteiger partial charge >= 0.3 is 5.97 Å². The summed E-state index contributed by atoms with van der Waals surface area (Å²) in [7, 11) is 1.56. The fraction of sp³-hybridized carbons (Fsp3) is 0.500. The van der Waals surface area contributed by atoms with Crippen LogP contribution in [0.2, 0.25) is 0 Å². The number of aliphatic carboxylic acids is 1. The molecule has 1 aromatic rings. The van der Waals surface area contributed by atoms with Crippen LogP contribution < -0.4 is 14.8 Å². The summed E-state index contributed by atoms with van der Waals surface area (Å²) in [6.07, 6.45) is 0. The number of hydrogen-bond donors (Lipinski definition) is 2. The number of methoxy groups -OCH3 is 1. The predicted molar refractivity (Wildman–Crippen MR) is 90.6 cm³/mol. The first-order chi connectivity index (χ1) is 10.9. The minimum atomic E-state index is -0.860. The lowest BCUT2D eigenvalue weighted by Gasteiger charge is -2.14. The number of carbonyl (C=O) groups is 2. The summed E-state index contributed by atoms with van der Waals surface area (Å²) in [6, 6.07) is 5.06. The lowest BCUT2D eigenvalue weighted by atomic mass is 10.1. The summed E-state index contributed by atoms with van der Waals surface area (Å²) in [5.74, 6) is 0.899. The quantitative estimate of drug-likeness (QED) is 0.635. The van der Waals surface area contributed by atoms with Crippen molar-refractivity contribution in [3.8, 4) is 11.5 Å². The Labute approximate surface area is 140 Å². The molecular formula is C16H23NO5S. The summed E-state index contributed by atoms with van der Waals surface area (Å²) in [4.78, 5) is 22.7. The van der Waals surface area contributed by atoms with Gasteiger partial charge in [-0.2, -0.15) is 0 Å². The molecule has 1 aromatic carbocycles. The van der Waals surface area contributed by atoms with Crippen molar-refractivity contribution in [2.24, 2.45) is 5.92 Å². The van der Waals surface area contributed by atoms with E-state index in [1.54, 1.807) is 25.3 Å². The number of hydrogen-bond acceptors (Lipinski definition) is 5. The van der Waals surface area contributed by atoms with Gasteiger partial charge in [-0.25, -0.2) is 0 Å². The molecule has 0 heterocycles. The minimum Gasteiger partial charge on any atom is -0.497 e. The standard InChI is InChI=1S/C16H23NO5S/c1-11(2)9-22-14-8-12(21-3)4-5-13(14)16(20)17-6-7-23-10-15(18)19/h4-5,8,11H,6-7,9-10H2,1-3H3,(H,17,20)(H,18,19). The highest BCUT2D eigenvalue weighted by atomic mass is 32.2. The van der Waals surface area contributed by atoms with Crippen molar-refractivity contribution in [3.63, 3.8) is 0 Å². The molecule has 0 aliphatic heterocycles. The van der Waals surface area contributed by atoms with E-state index in [0.29, 0.717) is 41.9 Å². The average molecular weight is 341 g/mol. The zero-order valence-electron chi connectivity index (χ0n) is 13.6. The molecule has 0 aliphatic carbocycles. The van der Waals surface area contributed by atoms with E-state index in [-0.39, 0.29) is 11.7 Å². The average Bonchev–Trinajstić information content (AvgIpc) is 2.51. The Balaban J connectivity index is 2.64. The zero-order valence-corrected chi connectivity index (χ0v) is 14.4. The topological polar surface area (TPSA) is 84.9 Å². The smallest absolute Gasteiger partial charge is 0.313 e. The molecule has 0 aliphatic rings. The van der Waals surface area contributed by atoms with Gasteiger partial charge < -0.3 is 19.9 Å². The fourth-order valence-electron chi connectivity index (χ4n) is 1.68. The normalized spacial score (nSPS) is 10.4. The molecule has 2 N–H and O–H groups in total. The predicted octanol–water partition coefficient (Wildman–Crippen LogP) is 2.28. The van der Waals surface area contributed by atoms with Gasteiger partial charge in [-0.1, -0.05) is 13.8 Å². The van der Waals surface area contributed by atoms with E-state index in [0.717, 1.165) is 0 Å². The Morgan fingerprint density at radius 2 is 2.09 bits per heavy atom. The summed E-state index contributed by atoms with van der Waals surface area (Å²) < 4.78 is 10.9. The number of carboxylic acids is 1. The van der Waals surface area contributed by atoms with E-state index in [4.69, 9.17) is 14.6 Å². The molecule has 1 rings (SSSR count). The van der Waals surface area contributed by atoms with Crippen molar-refractivity contribution >= 4 is 23.6 Å². The summed E-state index contributed by atoms with van der Waals surface area (Å²) in [5, 5.41) is 11.3. The van der Waals surface area contributed by atoms with E-state index in [9.17, 15) is 9.59 Å². The van der Waals surface area contributed by atoms with E-state index in [2.05, 4.69) is 5.32 Å². The third kappa shape index (κ3) is 7.27. The van der Waals surface area contributed by atoms with E-state index >= 15 is 0 Å². The highest BCUT2D eigenvalue weighted by molar-refractivity contribution is 7.99. The number of carboxylic acid groups (broad SMARTS) is 1. The number of rotatable bonds is 10. The molecule has 0 saturated carbocycles. The number of ether oxygens (including phenoxy) is 2. The maximum atomic E-state index is 12.2. The van der Waals surface area contributed by atoms with Crippen molar-refractivity contribution in [1.82, 2.24) is 5.32 Å². The molecule has 1 amide bonds. The summed E-state index contributed by atoms with van der Waals surface area (Å²) >= 11 is 1.26. The molecule has 0 spiro atoms. The van der Waals surface area contributed by atoms with Gasteiger partial charge in [-0.15, -0.1) is 11.8 Å². The Bertz CT molecular complexity index is 533. The molecule has 0 aromatic heterocycles. The van der Waals surface area contributed by atoms with Gasteiger partial charge in [0.25, 0.3) is 5.91 Å². The molecule has 0 saturated heterocycles. The second-order valence-electron chi connectivity index (χ2n) is 5.27. The minimum absolute atomic E-state index is 0.0289. The van der Waals surface area contributed by atoms with Crippen LogP contribution in [0.3, 0.4) is 0 Å². The molecule has 0 fully saturated rings. The van der Waals surface area contributed by atoms with Gasteiger partial charge in [0.15, 0.2) is 0 Å². The first kappa shape index (κ1) is 19.2. The molecule has 128 valence electrons. The van der Waals surface area contributed by atoms with Gasteiger partial charge in [0.2, 0.25) is 0 Å². The molecule has 0 unspecified atom stereocenters. The van der Waals surface area contributed by atoms with Crippen molar-refractivity contribution < 1.29 is 24.2 Å². The largest absolute Gasteiger partial charge is 0.497 e. The number of thioether (sulfide) groups is 1. The maximum absolute atomic E-state index is 12.2. The Hall–Kier alpha value is -1.89. The van der Waals surface area contributed by atoms with Gasteiger partial charge in [0.05, 0.1) is 25.0 Å². The van der Waals surface area contributed by atoms with Gasteiger partial charge in [-0.05, 0) is 18.1 Å². The molecule has 0 atom stereocenters. The maximum Gasteiger partial charge on any atom is 0.313 e. The van der Waals surface area contributed by atoms with Crippen LogP contribution in [0.4, 0.5) is 0 Å². The SMILES string of the molecule is COc1ccc(C(=O)NCCSCC(=O)O)c(OCC(C)C)c1. The lowest BCUT2D eigenvalue weighted by molar-refractivity contribution is -0.133. The molecule has 7 heteroatoms. The first-order valence-electron chi connectivity index (χ1n) is 7.32.